The van der Waals surface area contributed by atoms with Gasteiger partial charge >= 0.3 is 0 Å². The van der Waals surface area contributed by atoms with Crippen molar-refractivity contribution in [2.24, 2.45) is 0 Å². The predicted octanol–water partition coefficient (Wildman–Crippen LogP) is 1.19. The molecule has 9 heteroatoms. The topological polar surface area (TPSA) is 113 Å². The van der Waals surface area contributed by atoms with Crippen molar-refractivity contribution in [3.05, 3.63) is 75.8 Å². The minimum absolute atomic E-state index is 0.00539. The number of hydrogen-bond acceptors (Lipinski definition) is 6. The summed E-state index contributed by atoms with van der Waals surface area (Å²) in [5.41, 5.74) is 0.773. The Morgan fingerprint density at radius 2 is 1.68 bits per heavy atom. The molecule has 0 unspecified atom stereocenters. The van der Waals surface area contributed by atoms with Crippen molar-refractivity contribution in [2.45, 2.75) is 6.54 Å². The van der Waals surface area contributed by atoms with Gasteiger partial charge in [-0.1, -0.05) is 24.3 Å². The molecule has 9 nitrogen and oxygen atoms in total. The molecule has 0 bridgehead atoms. The number of methoxy groups -OCH3 is 1. The van der Waals surface area contributed by atoms with Gasteiger partial charge in [0.1, 0.15) is 12.4 Å². The second kappa shape index (κ2) is 8.49. The van der Waals surface area contributed by atoms with Crippen LogP contribution in [0.25, 0.3) is 10.9 Å². The summed E-state index contributed by atoms with van der Waals surface area (Å²) in [7, 11) is 1.50. The Labute approximate surface area is 177 Å². The summed E-state index contributed by atoms with van der Waals surface area (Å²) in [5.74, 6) is -1.16. The van der Waals surface area contributed by atoms with Crippen LogP contribution in [-0.2, 0) is 16.1 Å². The largest absolute Gasteiger partial charge is 0.383 e. The smallest absolute Gasteiger partial charge is 0.262 e. The first-order chi connectivity index (χ1) is 15.0. The molecule has 3 amide bonds. The predicted molar refractivity (Wildman–Crippen MR) is 111 cm³/mol. The van der Waals surface area contributed by atoms with Crippen LogP contribution in [0.2, 0.25) is 0 Å². The molecule has 1 aromatic heterocycles. The zero-order valence-corrected chi connectivity index (χ0v) is 16.8. The van der Waals surface area contributed by atoms with E-state index in [0.717, 1.165) is 4.90 Å². The molecule has 0 radical (unpaired) electrons. The standard InChI is InChI=1S/C22H20N4O5/c1-31-11-10-25(12-18-23-17-9-5-4-8-16(17)20(28)24-18)19(27)13-26-21(29)14-6-2-3-7-15(14)22(26)30/h2-9H,10-13H2,1H3,(H,23,24,28). The summed E-state index contributed by atoms with van der Waals surface area (Å²) in [6, 6.07) is 13.4. The van der Waals surface area contributed by atoms with Gasteiger partial charge in [0, 0.05) is 13.7 Å². The lowest BCUT2D eigenvalue weighted by atomic mass is 10.1. The fourth-order valence-electron chi connectivity index (χ4n) is 3.50. The molecule has 3 aromatic rings. The first-order valence-corrected chi connectivity index (χ1v) is 9.69. The first kappa shape index (κ1) is 20.4. The van der Waals surface area contributed by atoms with Crippen molar-refractivity contribution < 1.29 is 19.1 Å². The van der Waals surface area contributed by atoms with Crippen molar-refractivity contribution >= 4 is 28.6 Å². The molecular formula is C22H20N4O5. The zero-order chi connectivity index (χ0) is 22.0. The molecule has 0 saturated heterocycles. The maximum atomic E-state index is 13.0. The van der Waals surface area contributed by atoms with E-state index in [0.29, 0.717) is 16.7 Å². The van der Waals surface area contributed by atoms with E-state index < -0.39 is 24.3 Å². The Morgan fingerprint density at radius 1 is 1.03 bits per heavy atom. The SMILES string of the molecule is COCCN(Cc1nc2ccccc2c(=O)[nH]1)C(=O)CN1C(=O)c2ccccc2C1=O. The number of ether oxygens (including phenoxy) is 1. The Balaban J connectivity index is 1.56. The number of carbonyl (C=O) groups is 3. The van der Waals surface area contributed by atoms with Gasteiger partial charge < -0.3 is 14.6 Å². The average molecular weight is 420 g/mol. The molecular weight excluding hydrogens is 400 g/mol. The summed E-state index contributed by atoms with van der Waals surface area (Å²) in [6.45, 7) is 0.0417. The van der Waals surface area contributed by atoms with Crippen LogP contribution in [0.4, 0.5) is 0 Å². The highest BCUT2D eigenvalue weighted by atomic mass is 16.5. The average Bonchev–Trinajstić information content (AvgIpc) is 3.01. The van der Waals surface area contributed by atoms with E-state index in [-0.39, 0.29) is 36.4 Å². The number of nitrogens with zero attached hydrogens (tertiary/aromatic N) is 3. The fourth-order valence-corrected chi connectivity index (χ4v) is 3.50. The second-order valence-electron chi connectivity index (χ2n) is 7.08. The molecule has 0 saturated carbocycles. The number of carbonyl (C=O) groups excluding carboxylic acids is 3. The molecule has 0 spiro atoms. The van der Waals surface area contributed by atoms with Crippen molar-refractivity contribution in [3.63, 3.8) is 0 Å². The maximum absolute atomic E-state index is 13.0. The van der Waals surface area contributed by atoms with Gasteiger partial charge in [0.25, 0.3) is 17.4 Å². The number of aromatic amines is 1. The highest BCUT2D eigenvalue weighted by Crippen LogP contribution is 2.22. The number of para-hydroxylation sites is 1. The number of amides is 3. The van der Waals surface area contributed by atoms with E-state index in [1.165, 1.54) is 12.0 Å². The van der Waals surface area contributed by atoms with Gasteiger partial charge in [0.2, 0.25) is 5.91 Å². The van der Waals surface area contributed by atoms with Crippen molar-refractivity contribution in [1.29, 1.82) is 0 Å². The molecule has 4 rings (SSSR count). The van der Waals surface area contributed by atoms with Crippen LogP contribution >= 0.6 is 0 Å². The number of rotatable bonds is 7. The van der Waals surface area contributed by atoms with E-state index in [2.05, 4.69) is 9.97 Å². The Morgan fingerprint density at radius 3 is 2.35 bits per heavy atom. The number of aromatic nitrogens is 2. The van der Waals surface area contributed by atoms with E-state index in [1.54, 1.807) is 48.5 Å². The fraction of sp³-hybridized carbons (Fsp3) is 0.227. The van der Waals surface area contributed by atoms with Crippen molar-refractivity contribution in [2.75, 3.05) is 26.8 Å². The number of imide groups is 1. The number of benzene rings is 2. The van der Waals surface area contributed by atoms with Gasteiger partial charge in [0.15, 0.2) is 0 Å². The van der Waals surface area contributed by atoms with Gasteiger partial charge in [-0.05, 0) is 24.3 Å². The van der Waals surface area contributed by atoms with Crippen LogP contribution in [0.1, 0.15) is 26.5 Å². The van der Waals surface area contributed by atoms with Crippen LogP contribution in [0, 0.1) is 0 Å². The highest BCUT2D eigenvalue weighted by Gasteiger charge is 2.37. The van der Waals surface area contributed by atoms with Crippen LogP contribution in [0.5, 0.6) is 0 Å². The summed E-state index contributed by atoms with van der Waals surface area (Å²) in [5, 5.41) is 0.451. The lowest BCUT2D eigenvalue weighted by molar-refractivity contribution is -0.132. The molecule has 1 aliphatic heterocycles. The molecule has 0 atom stereocenters. The lowest BCUT2D eigenvalue weighted by Crippen LogP contribution is -2.43. The molecule has 2 aromatic carbocycles. The Hall–Kier alpha value is -3.85. The second-order valence-corrected chi connectivity index (χ2v) is 7.08. The van der Waals surface area contributed by atoms with Crippen molar-refractivity contribution in [3.8, 4) is 0 Å². The third-order valence-electron chi connectivity index (χ3n) is 5.09. The minimum Gasteiger partial charge on any atom is -0.383 e. The summed E-state index contributed by atoms with van der Waals surface area (Å²) >= 11 is 0. The number of H-pyrrole nitrogens is 1. The number of nitrogens with one attached hydrogen (secondary N) is 1. The minimum atomic E-state index is -0.502. The summed E-state index contributed by atoms with van der Waals surface area (Å²) in [4.78, 5) is 59.9. The van der Waals surface area contributed by atoms with E-state index in [1.807, 2.05) is 0 Å². The molecule has 0 fully saturated rings. The van der Waals surface area contributed by atoms with Gasteiger partial charge in [-0.2, -0.15) is 0 Å². The lowest BCUT2D eigenvalue weighted by Gasteiger charge is -2.24. The van der Waals surface area contributed by atoms with Crippen LogP contribution < -0.4 is 5.56 Å². The third kappa shape index (κ3) is 3.95. The quantitative estimate of drug-likeness (QED) is 0.575. The monoisotopic (exact) mass is 420 g/mol. The molecule has 2 heterocycles. The number of fused-ring (bicyclic) bond motifs is 2. The molecule has 0 aliphatic carbocycles. The maximum Gasteiger partial charge on any atom is 0.262 e. The van der Waals surface area contributed by atoms with Crippen LogP contribution in [0.15, 0.2) is 53.3 Å². The van der Waals surface area contributed by atoms with E-state index >= 15 is 0 Å². The van der Waals surface area contributed by atoms with Crippen molar-refractivity contribution in [1.82, 2.24) is 19.8 Å². The summed E-state index contributed by atoms with van der Waals surface area (Å²) in [6.07, 6.45) is 0. The molecule has 31 heavy (non-hydrogen) atoms. The molecule has 1 aliphatic rings. The van der Waals surface area contributed by atoms with Crippen LogP contribution in [-0.4, -0.2) is 64.3 Å². The van der Waals surface area contributed by atoms with Crippen LogP contribution in [0.3, 0.4) is 0 Å². The van der Waals surface area contributed by atoms with Gasteiger partial charge in [-0.25, -0.2) is 4.98 Å². The Kier molecular flexibility index (Phi) is 5.59. The summed E-state index contributed by atoms with van der Waals surface area (Å²) < 4.78 is 5.08. The molecule has 1 N–H and O–H groups in total. The first-order valence-electron chi connectivity index (χ1n) is 9.69. The Bertz CT molecular complexity index is 1200. The highest BCUT2D eigenvalue weighted by molar-refractivity contribution is 6.22. The van der Waals surface area contributed by atoms with Gasteiger partial charge in [-0.3, -0.25) is 24.1 Å². The third-order valence-corrected chi connectivity index (χ3v) is 5.09. The molecule has 158 valence electrons. The van der Waals surface area contributed by atoms with E-state index in [4.69, 9.17) is 4.74 Å². The van der Waals surface area contributed by atoms with E-state index in [9.17, 15) is 19.2 Å². The normalized spacial score (nSPS) is 13.0. The van der Waals surface area contributed by atoms with Gasteiger partial charge in [0.05, 0.1) is 35.2 Å². The van der Waals surface area contributed by atoms with Gasteiger partial charge in [-0.15, -0.1) is 0 Å². The number of hydrogen-bond donors (Lipinski definition) is 1. The zero-order valence-electron chi connectivity index (χ0n) is 16.8.